The minimum atomic E-state index is -5.59. The van der Waals surface area contributed by atoms with Crippen LogP contribution >= 0.6 is 23.2 Å². The quantitative estimate of drug-likeness (QED) is 0.465. The van der Waals surface area contributed by atoms with E-state index in [4.69, 9.17) is 23.2 Å². The van der Waals surface area contributed by atoms with Crippen LogP contribution in [0.3, 0.4) is 0 Å². The molecule has 2 rings (SSSR count). The van der Waals surface area contributed by atoms with Crippen molar-refractivity contribution in [1.82, 2.24) is 0 Å². The minimum Gasteiger partial charge on any atom is -0.267 e. The summed E-state index contributed by atoms with van der Waals surface area (Å²) >= 11 is 12.1. The molecule has 0 aromatic heterocycles. The summed E-state index contributed by atoms with van der Waals surface area (Å²) in [6.45, 7) is 1.52. The fraction of sp³-hybridized carbons (Fsp3) is 0.235. The normalized spacial score (nSPS) is 12.8. The molecule has 28 heavy (non-hydrogen) atoms. The predicted molar refractivity (Wildman–Crippen MR) is 107 cm³/mol. The lowest BCUT2D eigenvalue weighted by atomic mass is 10.1. The Hall–Kier alpha value is -1.97. The van der Waals surface area contributed by atoms with Gasteiger partial charge in [0.05, 0.1) is 22.1 Å². The lowest BCUT2D eigenvalue weighted by Gasteiger charge is -2.24. The number of hydrazone groups is 1. The lowest BCUT2D eigenvalue weighted by Crippen LogP contribution is -2.38. The molecule has 0 saturated carbocycles. The smallest absolute Gasteiger partial charge is 0.267 e. The summed E-state index contributed by atoms with van der Waals surface area (Å²) in [6, 6.07) is 10.7. The van der Waals surface area contributed by atoms with Crippen LogP contribution in [0.1, 0.15) is 12.5 Å². The van der Waals surface area contributed by atoms with E-state index >= 15 is 0 Å². The van der Waals surface area contributed by atoms with E-state index in [9.17, 15) is 21.6 Å². The molecule has 0 saturated heterocycles. The summed E-state index contributed by atoms with van der Waals surface area (Å²) in [6.07, 6.45) is 0. The minimum absolute atomic E-state index is 0.127. The standard InChI is InChI=1S/C17H16Cl2F3N3O2S/c1-11(23-24(2)16-7-5-4-6-14(16)19)13-10-12(18)8-9-15(13)25(3)28(26,27)17(20,21)22/h4-10H,1-3H3/b23-11+. The van der Waals surface area contributed by atoms with Gasteiger partial charge in [-0.15, -0.1) is 0 Å². The number of nitrogens with zero attached hydrogens (tertiary/aromatic N) is 3. The van der Waals surface area contributed by atoms with E-state index in [1.165, 1.54) is 30.1 Å². The molecule has 0 fully saturated rings. The molecule has 0 aliphatic heterocycles. The number of para-hydroxylation sites is 1. The molecule has 0 amide bonds. The molecule has 0 aliphatic carbocycles. The second-order valence-electron chi connectivity index (χ2n) is 5.74. The summed E-state index contributed by atoms with van der Waals surface area (Å²) in [7, 11) is -3.16. The predicted octanol–water partition coefficient (Wildman–Crippen LogP) is 5.14. The second-order valence-corrected chi connectivity index (χ2v) is 8.54. The molecule has 2 aromatic rings. The molecule has 0 bridgehead atoms. The van der Waals surface area contributed by atoms with Crippen molar-refractivity contribution in [3.8, 4) is 0 Å². The van der Waals surface area contributed by atoms with E-state index in [1.807, 2.05) is 0 Å². The number of alkyl halides is 3. The molecule has 0 aliphatic rings. The van der Waals surface area contributed by atoms with Crippen LogP contribution < -0.4 is 9.31 Å². The lowest BCUT2D eigenvalue weighted by molar-refractivity contribution is -0.0437. The van der Waals surface area contributed by atoms with Gasteiger partial charge in [-0.2, -0.15) is 26.7 Å². The first-order chi connectivity index (χ1) is 12.9. The van der Waals surface area contributed by atoms with Crippen molar-refractivity contribution in [1.29, 1.82) is 0 Å². The van der Waals surface area contributed by atoms with Crippen LogP contribution in [0.25, 0.3) is 0 Å². The van der Waals surface area contributed by atoms with Gasteiger partial charge in [0.25, 0.3) is 0 Å². The maximum absolute atomic E-state index is 12.9. The van der Waals surface area contributed by atoms with Crippen molar-refractivity contribution < 1.29 is 21.6 Å². The number of hydrogen-bond donors (Lipinski definition) is 0. The maximum atomic E-state index is 12.9. The summed E-state index contributed by atoms with van der Waals surface area (Å²) in [5.74, 6) is 0. The average molecular weight is 454 g/mol. The van der Waals surface area contributed by atoms with Crippen LogP contribution in [-0.4, -0.2) is 33.7 Å². The Morgan fingerprint density at radius 3 is 2.21 bits per heavy atom. The molecular formula is C17H16Cl2F3N3O2S. The van der Waals surface area contributed by atoms with Gasteiger partial charge in [-0.25, -0.2) is 0 Å². The number of benzene rings is 2. The SMILES string of the molecule is C/C(=N\N(C)c1ccccc1Cl)c1cc(Cl)ccc1N(C)S(=O)(=O)C(F)(F)F. The molecule has 0 N–H and O–H groups in total. The first-order valence-electron chi connectivity index (χ1n) is 7.75. The largest absolute Gasteiger partial charge is 0.516 e. The topological polar surface area (TPSA) is 53.0 Å². The number of halogens is 5. The van der Waals surface area contributed by atoms with Gasteiger partial charge in [-0.1, -0.05) is 35.3 Å². The van der Waals surface area contributed by atoms with Crippen LogP contribution in [-0.2, 0) is 10.0 Å². The van der Waals surface area contributed by atoms with Crippen LogP contribution in [0.5, 0.6) is 0 Å². The number of rotatable bonds is 5. The summed E-state index contributed by atoms with van der Waals surface area (Å²) in [5.41, 5.74) is -4.73. The fourth-order valence-corrected chi connectivity index (χ4v) is 3.56. The summed E-state index contributed by atoms with van der Waals surface area (Å²) in [5, 5.41) is 6.38. The molecule has 0 atom stereocenters. The Morgan fingerprint density at radius 2 is 1.64 bits per heavy atom. The highest BCUT2D eigenvalue weighted by Crippen LogP contribution is 2.33. The Morgan fingerprint density at radius 1 is 1.04 bits per heavy atom. The van der Waals surface area contributed by atoms with Gasteiger partial charge in [0.15, 0.2) is 0 Å². The molecule has 0 spiro atoms. The maximum Gasteiger partial charge on any atom is 0.516 e. The third-order valence-corrected chi connectivity index (χ3v) is 5.90. The van der Waals surface area contributed by atoms with Crippen molar-refractivity contribution in [3.05, 3.63) is 58.1 Å². The van der Waals surface area contributed by atoms with E-state index < -0.39 is 15.5 Å². The van der Waals surface area contributed by atoms with E-state index in [1.54, 1.807) is 31.3 Å². The highest BCUT2D eigenvalue weighted by Gasteiger charge is 2.49. The van der Waals surface area contributed by atoms with Crippen LogP contribution in [0.2, 0.25) is 10.0 Å². The van der Waals surface area contributed by atoms with Crippen molar-refractivity contribution in [2.75, 3.05) is 23.4 Å². The zero-order valence-electron chi connectivity index (χ0n) is 15.0. The van der Waals surface area contributed by atoms with E-state index in [0.29, 0.717) is 10.7 Å². The Bertz CT molecular complexity index is 1010. The van der Waals surface area contributed by atoms with Crippen molar-refractivity contribution in [3.63, 3.8) is 0 Å². The molecule has 2 aromatic carbocycles. The van der Waals surface area contributed by atoms with E-state index in [2.05, 4.69) is 5.10 Å². The zero-order valence-corrected chi connectivity index (χ0v) is 17.3. The van der Waals surface area contributed by atoms with Crippen molar-refractivity contribution in [2.45, 2.75) is 12.4 Å². The summed E-state index contributed by atoms with van der Waals surface area (Å²) < 4.78 is 62.6. The molecule has 0 heterocycles. The van der Waals surface area contributed by atoms with Crippen LogP contribution in [0.15, 0.2) is 47.6 Å². The molecule has 0 unspecified atom stereocenters. The second kappa shape index (κ2) is 8.18. The summed E-state index contributed by atoms with van der Waals surface area (Å²) in [4.78, 5) is 0. The van der Waals surface area contributed by atoms with Gasteiger partial charge >= 0.3 is 15.5 Å². The van der Waals surface area contributed by atoms with Gasteiger partial charge < -0.3 is 0 Å². The third-order valence-electron chi connectivity index (χ3n) is 3.84. The number of hydrogen-bond acceptors (Lipinski definition) is 4. The van der Waals surface area contributed by atoms with Gasteiger partial charge in [0.2, 0.25) is 0 Å². The van der Waals surface area contributed by atoms with Gasteiger partial charge in [0.1, 0.15) is 0 Å². The molecule has 11 heteroatoms. The van der Waals surface area contributed by atoms with E-state index in [0.717, 1.165) is 7.05 Å². The van der Waals surface area contributed by atoms with Crippen LogP contribution in [0.4, 0.5) is 24.5 Å². The highest BCUT2D eigenvalue weighted by atomic mass is 35.5. The zero-order chi connectivity index (χ0) is 21.3. The highest BCUT2D eigenvalue weighted by molar-refractivity contribution is 7.93. The van der Waals surface area contributed by atoms with Gasteiger partial charge in [-0.05, 0) is 37.3 Å². The number of sulfonamides is 1. The van der Waals surface area contributed by atoms with Gasteiger partial charge in [-0.3, -0.25) is 9.31 Å². The Labute approximate surface area is 171 Å². The fourth-order valence-electron chi connectivity index (χ4n) is 2.40. The monoisotopic (exact) mass is 453 g/mol. The molecular weight excluding hydrogens is 438 g/mol. The third kappa shape index (κ3) is 4.53. The molecule has 152 valence electrons. The van der Waals surface area contributed by atoms with Gasteiger partial charge in [0, 0.05) is 24.7 Å². The van der Waals surface area contributed by atoms with Crippen molar-refractivity contribution >= 4 is 50.3 Å². The van der Waals surface area contributed by atoms with Crippen LogP contribution in [0, 0.1) is 0 Å². The Kier molecular flexibility index (Phi) is 6.52. The average Bonchev–Trinajstić information content (AvgIpc) is 2.60. The Balaban J connectivity index is 2.54. The van der Waals surface area contributed by atoms with Crippen molar-refractivity contribution in [2.24, 2.45) is 5.10 Å². The molecule has 0 radical (unpaired) electrons. The first kappa shape index (κ1) is 22.3. The number of anilines is 2. The first-order valence-corrected chi connectivity index (χ1v) is 9.94. The van der Waals surface area contributed by atoms with E-state index in [-0.39, 0.29) is 26.3 Å². The molecule has 5 nitrogen and oxygen atoms in total.